The second-order valence-electron chi connectivity index (χ2n) is 7.70. The Morgan fingerprint density at radius 2 is 2.06 bits per heavy atom. The van der Waals surface area contributed by atoms with E-state index in [0.29, 0.717) is 16.0 Å². The molecule has 0 unspecified atom stereocenters. The van der Waals surface area contributed by atoms with E-state index >= 15 is 0 Å². The van der Waals surface area contributed by atoms with Crippen LogP contribution in [0.25, 0.3) is 0 Å². The first kappa shape index (κ1) is 23.7. The highest BCUT2D eigenvalue weighted by Gasteiger charge is 2.20. The molecule has 0 radical (unpaired) electrons. The molecule has 0 fully saturated rings. The molecule has 0 aliphatic heterocycles. The predicted octanol–water partition coefficient (Wildman–Crippen LogP) is 3.22. The highest BCUT2D eigenvalue weighted by atomic mass is 32.2. The second kappa shape index (κ2) is 10.1. The van der Waals surface area contributed by atoms with Gasteiger partial charge in [-0.1, -0.05) is 62.1 Å². The van der Waals surface area contributed by atoms with Gasteiger partial charge in [0, 0.05) is 12.2 Å². The summed E-state index contributed by atoms with van der Waals surface area (Å²) in [7, 11) is 0. The molecule has 0 bridgehead atoms. The van der Waals surface area contributed by atoms with Crippen molar-refractivity contribution in [2.45, 2.75) is 45.0 Å². The number of nitrogens with two attached hydrogens (primary N) is 1. The number of rotatable bonds is 9. The predicted molar refractivity (Wildman–Crippen MR) is 129 cm³/mol. The summed E-state index contributed by atoms with van der Waals surface area (Å²) < 4.78 is 1.81. The summed E-state index contributed by atoms with van der Waals surface area (Å²) in [5.41, 5.74) is 7.71. The Morgan fingerprint density at radius 3 is 2.75 bits per heavy atom. The third kappa shape index (κ3) is 5.28. The van der Waals surface area contributed by atoms with Gasteiger partial charge in [-0.25, -0.2) is 4.79 Å². The summed E-state index contributed by atoms with van der Waals surface area (Å²) in [5.74, 6) is -0.508. The minimum atomic E-state index is -0.774. The van der Waals surface area contributed by atoms with Crippen LogP contribution in [0.3, 0.4) is 0 Å². The van der Waals surface area contributed by atoms with Gasteiger partial charge in [-0.05, 0) is 30.4 Å². The highest BCUT2D eigenvalue weighted by molar-refractivity contribution is 8.01. The van der Waals surface area contributed by atoms with Gasteiger partial charge in [0.05, 0.1) is 5.75 Å². The van der Waals surface area contributed by atoms with Crippen molar-refractivity contribution >= 4 is 45.5 Å². The van der Waals surface area contributed by atoms with Crippen molar-refractivity contribution in [3.8, 4) is 0 Å². The standard InChI is InChI=1S/C21H26N6O3S2/c1-5-13-8-6-7-12(4)16(13)23-19-25-26-21(32-19)31-10-14(28)15-17(22)27(9-11(2)3)20(30)24-18(15)29/h6-8,11H,5,9-10,22H2,1-4H3,(H,23,25)(H,24,29,30). The van der Waals surface area contributed by atoms with E-state index in [2.05, 4.69) is 33.5 Å². The van der Waals surface area contributed by atoms with E-state index in [9.17, 15) is 14.4 Å². The molecule has 2 heterocycles. The van der Waals surface area contributed by atoms with Gasteiger partial charge < -0.3 is 11.1 Å². The summed E-state index contributed by atoms with van der Waals surface area (Å²) >= 11 is 2.49. The number of thioether (sulfide) groups is 1. The van der Waals surface area contributed by atoms with E-state index in [-0.39, 0.29) is 23.1 Å². The Labute approximate surface area is 193 Å². The molecule has 4 N–H and O–H groups in total. The SMILES string of the molecule is CCc1cccc(C)c1Nc1nnc(SCC(=O)c2c(N)n(CC(C)C)c(=O)[nH]c2=O)s1. The van der Waals surface area contributed by atoms with Gasteiger partial charge >= 0.3 is 5.69 Å². The normalized spacial score (nSPS) is 11.2. The Bertz CT molecular complexity index is 1250. The zero-order chi connectivity index (χ0) is 23.4. The number of nitrogens with zero attached hydrogens (tertiary/aromatic N) is 3. The molecule has 170 valence electrons. The fraction of sp³-hybridized carbons (Fsp3) is 0.381. The maximum atomic E-state index is 12.7. The summed E-state index contributed by atoms with van der Waals surface area (Å²) in [6.45, 7) is 8.24. The van der Waals surface area contributed by atoms with Crippen LogP contribution in [0.1, 0.15) is 42.3 Å². The van der Waals surface area contributed by atoms with Crippen molar-refractivity contribution in [3.63, 3.8) is 0 Å². The Kier molecular flexibility index (Phi) is 7.52. The molecule has 0 saturated heterocycles. The molecule has 0 amide bonds. The lowest BCUT2D eigenvalue weighted by atomic mass is 10.1. The average Bonchev–Trinajstić information content (AvgIpc) is 3.18. The maximum Gasteiger partial charge on any atom is 0.329 e. The van der Waals surface area contributed by atoms with Crippen LogP contribution in [0, 0.1) is 12.8 Å². The van der Waals surface area contributed by atoms with Crippen LogP contribution in [-0.2, 0) is 13.0 Å². The monoisotopic (exact) mass is 474 g/mol. The number of ketones is 1. The molecular formula is C21H26N6O3S2. The lowest BCUT2D eigenvalue weighted by molar-refractivity contribution is 0.102. The summed E-state index contributed by atoms with van der Waals surface area (Å²) in [4.78, 5) is 39.2. The van der Waals surface area contributed by atoms with Gasteiger partial charge in [-0.3, -0.25) is 19.1 Å². The van der Waals surface area contributed by atoms with Crippen LogP contribution in [-0.4, -0.2) is 31.3 Å². The Morgan fingerprint density at radius 1 is 1.31 bits per heavy atom. The van der Waals surface area contributed by atoms with E-state index in [1.807, 2.05) is 32.9 Å². The van der Waals surface area contributed by atoms with Gasteiger partial charge in [0.15, 0.2) is 10.1 Å². The first-order valence-electron chi connectivity index (χ1n) is 10.2. The Balaban J connectivity index is 1.74. The number of aromatic nitrogens is 4. The van der Waals surface area contributed by atoms with Gasteiger partial charge in [0.2, 0.25) is 5.13 Å². The van der Waals surface area contributed by atoms with Gasteiger partial charge in [-0.15, -0.1) is 10.2 Å². The number of para-hydroxylation sites is 1. The number of aryl methyl sites for hydroxylation is 2. The molecule has 1 aromatic carbocycles. The number of Topliss-reactive ketones (excluding diaryl/α,β-unsaturated/α-hetero) is 1. The molecule has 3 rings (SSSR count). The number of nitrogen functional groups attached to an aromatic ring is 1. The van der Waals surface area contributed by atoms with Crippen LogP contribution < -0.4 is 22.3 Å². The van der Waals surface area contributed by atoms with Gasteiger partial charge in [0.25, 0.3) is 5.56 Å². The second-order valence-corrected chi connectivity index (χ2v) is 9.90. The topological polar surface area (TPSA) is 136 Å². The third-order valence-corrected chi connectivity index (χ3v) is 6.74. The van der Waals surface area contributed by atoms with Gasteiger partial charge in [-0.2, -0.15) is 0 Å². The summed E-state index contributed by atoms with van der Waals surface area (Å²) in [5, 5.41) is 12.2. The number of benzene rings is 1. The molecule has 32 heavy (non-hydrogen) atoms. The van der Waals surface area contributed by atoms with Crippen molar-refractivity contribution in [2.75, 3.05) is 16.8 Å². The van der Waals surface area contributed by atoms with Crippen molar-refractivity contribution in [1.29, 1.82) is 0 Å². The first-order valence-corrected chi connectivity index (χ1v) is 12.0. The van der Waals surface area contributed by atoms with Crippen molar-refractivity contribution in [3.05, 3.63) is 55.7 Å². The molecule has 0 aliphatic rings. The van der Waals surface area contributed by atoms with E-state index in [1.54, 1.807) is 0 Å². The van der Waals surface area contributed by atoms with E-state index in [4.69, 9.17) is 5.73 Å². The molecule has 2 aromatic heterocycles. The highest BCUT2D eigenvalue weighted by Crippen LogP contribution is 2.31. The van der Waals surface area contributed by atoms with Crippen molar-refractivity contribution in [1.82, 2.24) is 19.7 Å². The molecular weight excluding hydrogens is 448 g/mol. The number of hydrogen-bond acceptors (Lipinski definition) is 9. The lowest BCUT2D eigenvalue weighted by Gasteiger charge is -2.13. The number of H-pyrrole nitrogens is 1. The molecule has 0 saturated carbocycles. The van der Waals surface area contributed by atoms with Crippen LogP contribution in [0.2, 0.25) is 0 Å². The zero-order valence-corrected chi connectivity index (χ0v) is 20.0. The van der Waals surface area contributed by atoms with Crippen LogP contribution in [0.5, 0.6) is 0 Å². The zero-order valence-electron chi connectivity index (χ0n) is 18.4. The number of hydrogen-bond donors (Lipinski definition) is 3. The minimum absolute atomic E-state index is 0.0492. The molecule has 0 spiro atoms. The number of nitrogens with one attached hydrogen (secondary N) is 2. The molecule has 3 aromatic rings. The summed E-state index contributed by atoms with van der Waals surface area (Å²) in [6.07, 6.45) is 0.883. The summed E-state index contributed by atoms with van der Waals surface area (Å²) in [6, 6.07) is 6.10. The third-order valence-electron chi connectivity index (χ3n) is 4.77. The molecule has 0 aliphatic carbocycles. The maximum absolute atomic E-state index is 12.7. The number of anilines is 3. The van der Waals surface area contributed by atoms with Crippen LogP contribution in [0.4, 0.5) is 16.6 Å². The van der Waals surface area contributed by atoms with E-state index in [0.717, 1.165) is 17.7 Å². The average molecular weight is 475 g/mol. The number of carbonyl (C=O) groups is 1. The minimum Gasteiger partial charge on any atom is -0.384 e. The van der Waals surface area contributed by atoms with E-state index in [1.165, 1.54) is 33.2 Å². The molecule has 9 nitrogen and oxygen atoms in total. The van der Waals surface area contributed by atoms with E-state index < -0.39 is 17.0 Å². The lowest BCUT2D eigenvalue weighted by Crippen LogP contribution is -2.37. The fourth-order valence-corrected chi connectivity index (χ4v) is 4.86. The van der Waals surface area contributed by atoms with Crippen molar-refractivity contribution < 1.29 is 4.79 Å². The van der Waals surface area contributed by atoms with Crippen LogP contribution >= 0.6 is 23.1 Å². The molecule has 11 heteroatoms. The first-order chi connectivity index (χ1) is 15.2. The molecule has 0 atom stereocenters. The number of aromatic amines is 1. The largest absolute Gasteiger partial charge is 0.384 e. The van der Waals surface area contributed by atoms with Crippen molar-refractivity contribution in [2.24, 2.45) is 5.92 Å². The van der Waals surface area contributed by atoms with Crippen LogP contribution in [0.15, 0.2) is 32.1 Å². The quantitative estimate of drug-likeness (QED) is 0.318. The smallest absolute Gasteiger partial charge is 0.329 e. The fourth-order valence-electron chi connectivity index (χ4n) is 3.23. The Hall–Kier alpha value is -2.92. The number of carbonyl (C=O) groups excluding carboxylic acids is 1. The van der Waals surface area contributed by atoms with Gasteiger partial charge in [0.1, 0.15) is 11.4 Å².